The van der Waals surface area contributed by atoms with E-state index in [9.17, 15) is 4.79 Å². The summed E-state index contributed by atoms with van der Waals surface area (Å²) in [6.07, 6.45) is -2.40. The molecular formula is C29H32O6S. The minimum Gasteiger partial charge on any atom is -0.456 e. The van der Waals surface area contributed by atoms with Crippen molar-refractivity contribution in [3.63, 3.8) is 0 Å². The monoisotopic (exact) mass is 508 g/mol. The minimum atomic E-state index is -0.749. The van der Waals surface area contributed by atoms with E-state index in [2.05, 4.69) is 12.6 Å². The van der Waals surface area contributed by atoms with Crippen molar-refractivity contribution in [1.82, 2.24) is 0 Å². The maximum atomic E-state index is 11.9. The van der Waals surface area contributed by atoms with Crippen molar-refractivity contribution < 1.29 is 28.5 Å². The van der Waals surface area contributed by atoms with Gasteiger partial charge in [0.15, 0.2) is 6.10 Å². The highest BCUT2D eigenvalue weighted by atomic mass is 32.1. The summed E-state index contributed by atoms with van der Waals surface area (Å²) in [5.41, 5.74) is 2.38. The number of esters is 1. The van der Waals surface area contributed by atoms with E-state index < -0.39 is 35.8 Å². The lowest BCUT2D eigenvalue weighted by Gasteiger charge is -2.44. The summed E-state index contributed by atoms with van der Waals surface area (Å²) in [5, 5.41) is 0. The average molecular weight is 509 g/mol. The highest BCUT2D eigenvalue weighted by Gasteiger charge is 2.48. The van der Waals surface area contributed by atoms with E-state index in [1.54, 1.807) is 0 Å². The molecule has 0 aromatic heterocycles. The number of rotatable bonds is 11. The summed E-state index contributed by atoms with van der Waals surface area (Å²) in [6.45, 7) is 2.74. The molecule has 0 aliphatic carbocycles. The Labute approximate surface area is 217 Å². The summed E-state index contributed by atoms with van der Waals surface area (Å²) in [6, 6.07) is 29.6. The summed E-state index contributed by atoms with van der Waals surface area (Å²) in [4.78, 5) is 11.9. The summed E-state index contributed by atoms with van der Waals surface area (Å²) < 4.78 is 30.6. The highest BCUT2D eigenvalue weighted by Crippen LogP contribution is 2.31. The maximum absolute atomic E-state index is 11.9. The van der Waals surface area contributed by atoms with Crippen LogP contribution in [0.3, 0.4) is 0 Å². The van der Waals surface area contributed by atoms with Crippen LogP contribution < -0.4 is 0 Å². The Morgan fingerprint density at radius 1 is 0.722 bits per heavy atom. The van der Waals surface area contributed by atoms with Gasteiger partial charge < -0.3 is 23.7 Å². The number of hydrogen-bond acceptors (Lipinski definition) is 7. The lowest BCUT2D eigenvalue weighted by Crippen LogP contribution is -2.60. The normalized spacial score (nSPS) is 23.8. The Hall–Kier alpha value is -2.68. The topological polar surface area (TPSA) is 63.2 Å². The molecule has 1 aliphatic heterocycles. The lowest BCUT2D eigenvalue weighted by atomic mass is 9.99. The zero-order valence-corrected chi connectivity index (χ0v) is 21.2. The van der Waals surface area contributed by atoms with Crippen molar-refractivity contribution in [3.8, 4) is 0 Å². The smallest absolute Gasteiger partial charge is 0.303 e. The van der Waals surface area contributed by atoms with Gasteiger partial charge in [0.1, 0.15) is 23.7 Å². The van der Waals surface area contributed by atoms with Crippen LogP contribution in [0.2, 0.25) is 0 Å². The van der Waals surface area contributed by atoms with Crippen LogP contribution in [-0.4, -0.2) is 42.4 Å². The first kappa shape index (κ1) is 26.4. The van der Waals surface area contributed by atoms with Gasteiger partial charge in [0.25, 0.3) is 0 Å². The predicted molar refractivity (Wildman–Crippen MR) is 139 cm³/mol. The van der Waals surface area contributed by atoms with E-state index in [-0.39, 0.29) is 6.61 Å². The van der Waals surface area contributed by atoms with Gasteiger partial charge in [0, 0.05) is 6.92 Å². The number of hydrogen-bond donors (Lipinski definition) is 1. The number of carbonyl (C=O) groups is 1. The van der Waals surface area contributed by atoms with Gasteiger partial charge in [0.05, 0.1) is 26.4 Å². The van der Waals surface area contributed by atoms with Crippen molar-refractivity contribution >= 4 is 18.6 Å². The molecular weight excluding hydrogens is 476 g/mol. The molecule has 36 heavy (non-hydrogen) atoms. The fourth-order valence-electron chi connectivity index (χ4n) is 4.14. The molecule has 0 unspecified atom stereocenters. The Kier molecular flexibility index (Phi) is 9.95. The van der Waals surface area contributed by atoms with Gasteiger partial charge in [-0.3, -0.25) is 4.79 Å². The average Bonchev–Trinajstić information content (AvgIpc) is 2.90. The predicted octanol–water partition coefficient (Wildman–Crippen LogP) is 4.96. The molecule has 0 radical (unpaired) electrons. The second-order valence-electron chi connectivity index (χ2n) is 8.66. The van der Waals surface area contributed by atoms with Crippen LogP contribution in [-0.2, 0) is 48.3 Å². The molecule has 1 heterocycles. The van der Waals surface area contributed by atoms with Crippen LogP contribution in [0.15, 0.2) is 91.0 Å². The van der Waals surface area contributed by atoms with E-state index in [0.717, 1.165) is 16.7 Å². The maximum Gasteiger partial charge on any atom is 0.303 e. The summed E-state index contributed by atoms with van der Waals surface area (Å²) >= 11 is 4.61. The van der Waals surface area contributed by atoms with Crippen molar-refractivity contribution in [2.45, 2.75) is 56.6 Å². The molecule has 3 aromatic carbocycles. The van der Waals surface area contributed by atoms with Gasteiger partial charge in [-0.05, 0) is 16.7 Å². The molecule has 3 aromatic rings. The molecule has 0 N–H and O–H groups in total. The third-order valence-corrected chi connectivity index (χ3v) is 6.29. The molecule has 1 saturated heterocycles. The molecule has 1 fully saturated rings. The standard InChI is InChI=1S/C29H32O6S/c1-21(30)34-28-27(33-19-24-15-9-4-10-16-24)26(32-18-23-13-7-3-8-14-23)25(35-29(28)36)20-31-17-22-11-5-2-6-12-22/h2-16,25-29,36H,17-20H2,1H3/t25-,26-,27+,28-,29-/m1/s1. The Bertz CT molecular complexity index is 1050. The van der Waals surface area contributed by atoms with Crippen LogP contribution in [0.1, 0.15) is 23.6 Å². The van der Waals surface area contributed by atoms with Crippen molar-refractivity contribution in [1.29, 1.82) is 0 Å². The van der Waals surface area contributed by atoms with Crippen molar-refractivity contribution in [3.05, 3.63) is 108 Å². The molecule has 1 aliphatic rings. The highest BCUT2D eigenvalue weighted by molar-refractivity contribution is 7.80. The van der Waals surface area contributed by atoms with Crippen molar-refractivity contribution in [2.75, 3.05) is 6.61 Å². The zero-order valence-electron chi connectivity index (χ0n) is 20.3. The van der Waals surface area contributed by atoms with Crippen LogP contribution in [0.5, 0.6) is 0 Å². The lowest BCUT2D eigenvalue weighted by molar-refractivity contribution is -0.248. The largest absolute Gasteiger partial charge is 0.456 e. The molecule has 0 spiro atoms. The molecule has 190 valence electrons. The zero-order chi connectivity index (χ0) is 25.2. The second-order valence-corrected chi connectivity index (χ2v) is 9.17. The minimum absolute atomic E-state index is 0.267. The molecule has 5 atom stereocenters. The van der Waals surface area contributed by atoms with Crippen LogP contribution >= 0.6 is 12.6 Å². The van der Waals surface area contributed by atoms with Gasteiger partial charge in [-0.25, -0.2) is 0 Å². The van der Waals surface area contributed by atoms with Gasteiger partial charge >= 0.3 is 5.97 Å². The number of ether oxygens (including phenoxy) is 5. The van der Waals surface area contributed by atoms with Crippen LogP contribution in [0.25, 0.3) is 0 Å². The molecule has 7 heteroatoms. The van der Waals surface area contributed by atoms with E-state index in [0.29, 0.717) is 19.8 Å². The number of thiol groups is 1. The molecule has 0 saturated carbocycles. The summed E-state index contributed by atoms with van der Waals surface area (Å²) in [5.74, 6) is -0.434. The molecule has 0 amide bonds. The van der Waals surface area contributed by atoms with E-state index in [1.165, 1.54) is 6.92 Å². The van der Waals surface area contributed by atoms with Gasteiger partial charge in [-0.15, -0.1) is 12.6 Å². The first-order valence-electron chi connectivity index (χ1n) is 12.0. The fourth-order valence-corrected chi connectivity index (χ4v) is 4.52. The van der Waals surface area contributed by atoms with E-state index in [4.69, 9.17) is 23.7 Å². The van der Waals surface area contributed by atoms with E-state index in [1.807, 2.05) is 91.0 Å². The fraction of sp³-hybridized carbons (Fsp3) is 0.345. The second kappa shape index (κ2) is 13.6. The third-order valence-electron chi connectivity index (χ3n) is 5.88. The van der Waals surface area contributed by atoms with Crippen LogP contribution in [0.4, 0.5) is 0 Å². The van der Waals surface area contributed by atoms with E-state index >= 15 is 0 Å². The van der Waals surface area contributed by atoms with Crippen LogP contribution in [0, 0.1) is 0 Å². The number of benzene rings is 3. The van der Waals surface area contributed by atoms with Gasteiger partial charge in [0.2, 0.25) is 0 Å². The third kappa shape index (κ3) is 7.66. The Morgan fingerprint density at radius 2 is 1.19 bits per heavy atom. The first-order chi connectivity index (χ1) is 17.6. The molecule has 4 rings (SSSR count). The summed E-state index contributed by atoms with van der Waals surface area (Å²) in [7, 11) is 0. The first-order valence-corrected chi connectivity index (χ1v) is 12.6. The number of carbonyl (C=O) groups excluding carboxylic acids is 1. The molecule has 0 bridgehead atoms. The van der Waals surface area contributed by atoms with Gasteiger partial charge in [-0.1, -0.05) is 91.0 Å². The SMILES string of the molecule is CC(=O)O[C@@H]1[C@@H](OCc2ccccc2)[C@H](OCc2ccccc2)[C@@H](COCc2ccccc2)O[C@@H]1S. The Balaban J connectivity index is 1.53. The van der Waals surface area contributed by atoms with Crippen molar-refractivity contribution in [2.24, 2.45) is 0 Å². The quantitative estimate of drug-likeness (QED) is 0.292. The molecule has 6 nitrogen and oxygen atoms in total. The van der Waals surface area contributed by atoms with Gasteiger partial charge in [-0.2, -0.15) is 0 Å². The Morgan fingerprint density at radius 3 is 1.69 bits per heavy atom.